The van der Waals surface area contributed by atoms with E-state index in [9.17, 15) is 0 Å². The van der Waals surface area contributed by atoms with Crippen LogP contribution in [0.1, 0.15) is 19.3 Å². The van der Waals surface area contributed by atoms with Crippen molar-refractivity contribution in [3.63, 3.8) is 0 Å². The number of hydrogen-bond acceptors (Lipinski definition) is 2. The van der Waals surface area contributed by atoms with Crippen molar-refractivity contribution in [1.82, 2.24) is 4.90 Å². The van der Waals surface area contributed by atoms with Crippen molar-refractivity contribution in [2.75, 3.05) is 26.2 Å². The first kappa shape index (κ1) is 13.5. The van der Waals surface area contributed by atoms with Gasteiger partial charge in [-0.2, -0.15) is 0 Å². The molecule has 0 amide bonds. The molecule has 1 fully saturated rings. The molecule has 0 spiro atoms. The number of piperidine rings is 1. The Hall–Kier alpha value is -0.540. The van der Waals surface area contributed by atoms with Gasteiger partial charge in [-0.1, -0.05) is 24.6 Å². The molecule has 1 aromatic carbocycles. The average molecular weight is 286 g/mol. The molecule has 1 aliphatic rings. The van der Waals surface area contributed by atoms with Crippen molar-refractivity contribution in [3.05, 3.63) is 30.3 Å². The molecule has 0 unspecified atom stereocenters. The van der Waals surface area contributed by atoms with E-state index >= 15 is 0 Å². The van der Waals surface area contributed by atoms with E-state index in [4.69, 9.17) is 4.74 Å². The van der Waals surface area contributed by atoms with E-state index in [-0.39, 0.29) is 17.0 Å². The van der Waals surface area contributed by atoms with E-state index in [2.05, 4.69) is 4.90 Å². The molecule has 2 rings (SSSR count). The van der Waals surface area contributed by atoms with E-state index in [0.717, 1.165) is 18.9 Å². The Morgan fingerprint density at radius 3 is 2.38 bits per heavy atom. The molecule has 0 bridgehead atoms. The molecule has 0 aromatic heterocycles. The van der Waals surface area contributed by atoms with Crippen LogP contribution in [-0.2, 0) is 0 Å². The second kappa shape index (κ2) is 7.69. The van der Waals surface area contributed by atoms with Crippen molar-refractivity contribution < 1.29 is 4.74 Å². The summed E-state index contributed by atoms with van der Waals surface area (Å²) in [5, 5.41) is 0. The fourth-order valence-corrected chi connectivity index (χ4v) is 1.99. The SMILES string of the molecule is Br.c1ccc(OCCN2CCCCC2)cc1. The predicted molar refractivity (Wildman–Crippen MR) is 72.6 cm³/mol. The summed E-state index contributed by atoms with van der Waals surface area (Å²) in [5.41, 5.74) is 0. The molecule has 0 saturated carbocycles. The van der Waals surface area contributed by atoms with Gasteiger partial charge in [-0.15, -0.1) is 17.0 Å². The zero-order valence-electron chi connectivity index (χ0n) is 9.60. The first-order valence-corrected chi connectivity index (χ1v) is 5.85. The minimum Gasteiger partial charge on any atom is -0.492 e. The zero-order valence-corrected chi connectivity index (χ0v) is 11.3. The molecule has 0 N–H and O–H groups in total. The number of nitrogens with zero attached hydrogens (tertiary/aromatic N) is 1. The second-order valence-corrected chi connectivity index (χ2v) is 4.06. The van der Waals surface area contributed by atoms with Crippen LogP contribution >= 0.6 is 17.0 Å². The number of rotatable bonds is 4. The number of ether oxygens (including phenoxy) is 1. The van der Waals surface area contributed by atoms with E-state index in [1.54, 1.807) is 0 Å². The van der Waals surface area contributed by atoms with Gasteiger partial charge < -0.3 is 4.74 Å². The van der Waals surface area contributed by atoms with Crippen LogP contribution < -0.4 is 4.74 Å². The van der Waals surface area contributed by atoms with Crippen LogP contribution in [0.25, 0.3) is 0 Å². The highest BCUT2D eigenvalue weighted by Gasteiger charge is 2.09. The Bertz CT molecular complexity index is 273. The summed E-state index contributed by atoms with van der Waals surface area (Å²) in [4.78, 5) is 2.49. The first-order valence-electron chi connectivity index (χ1n) is 5.85. The highest BCUT2D eigenvalue weighted by Crippen LogP contribution is 2.10. The number of likely N-dealkylation sites (tertiary alicyclic amines) is 1. The van der Waals surface area contributed by atoms with Crippen molar-refractivity contribution in [2.45, 2.75) is 19.3 Å². The summed E-state index contributed by atoms with van der Waals surface area (Å²) < 4.78 is 5.67. The molecule has 16 heavy (non-hydrogen) atoms. The van der Waals surface area contributed by atoms with Crippen molar-refractivity contribution in [1.29, 1.82) is 0 Å². The Balaban J connectivity index is 0.00000128. The molecular weight excluding hydrogens is 266 g/mol. The number of halogens is 1. The fraction of sp³-hybridized carbons (Fsp3) is 0.538. The van der Waals surface area contributed by atoms with Crippen LogP contribution in [0.15, 0.2) is 30.3 Å². The highest BCUT2D eigenvalue weighted by molar-refractivity contribution is 8.93. The largest absolute Gasteiger partial charge is 0.492 e. The lowest BCUT2D eigenvalue weighted by atomic mass is 10.1. The maximum absolute atomic E-state index is 5.67. The molecule has 90 valence electrons. The molecule has 0 radical (unpaired) electrons. The summed E-state index contributed by atoms with van der Waals surface area (Å²) in [5.74, 6) is 0.981. The monoisotopic (exact) mass is 285 g/mol. The molecular formula is C13H20BrNO. The lowest BCUT2D eigenvalue weighted by molar-refractivity contribution is 0.183. The average Bonchev–Trinajstić information content (AvgIpc) is 2.32. The van der Waals surface area contributed by atoms with Gasteiger partial charge in [0.1, 0.15) is 12.4 Å². The summed E-state index contributed by atoms with van der Waals surface area (Å²) in [7, 11) is 0. The third-order valence-corrected chi connectivity index (χ3v) is 2.87. The van der Waals surface area contributed by atoms with Gasteiger partial charge in [0.15, 0.2) is 0 Å². The third-order valence-electron chi connectivity index (χ3n) is 2.87. The normalized spacial score (nSPS) is 16.5. The van der Waals surface area contributed by atoms with Crippen molar-refractivity contribution >= 4 is 17.0 Å². The van der Waals surface area contributed by atoms with Gasteiger partial charge in [0.25, 0.3) is 0 Å². The number of para-hydroxylation sites is 1. The van der Waals surface area contributed by atoms with Crippen LogP contribution in [0.2, 0.25) is 0 Å². The van der Waals surface area contributed by atoms with Gasteiger partial charge in [-0.25, -0.2) is 0 Å². The molecule has 1 heterocycles. The van der Waals surface area contributed by atoms with Crippen molar-refractivity contribution in [2.24, 2.45) is 0 Å². The number of benzene rings is 1. The van der Waals surface area contributed by atoms with Gasteiger partial charge in [-0.3, -0.25) is 4.90 Å². The minimum atomic E-state index is 0. The maximum atomic E-state index is 5.67. The molecule has 2 nitrogen and oxygen atoms in total. The Labute approximate surface area is 108 Å². The van der Waals surface area contributed by atoms with E-state index in [1.165, 1.54) is 32.4 Å². The molecule has 0 atom stereocenters. The fourth-order valence-electron chi connectivity index (χ4n) is 1.99. The zero-order chi connectivity index (χ0) is 10.3. The summed E-state index contributed by atoms with van der Waals surface area (Å²) in [6.07, 6.45) is 4.10. The quantitative estimate of drug-likeness (QED) is 0.843. The lowest BCUT2D eigenvalue weighted by Crippen LogP contribution is -2.33. The van der Waals surface area contributed by atoms with Crippen molar-refractivity contribution in [3.8, 4) is 5.75 Å². The van der Waals surface area contributed by atoms with Crippen LogP contribution in [0.5, 0.6) is 5.75 Å². The van der Waals surface area contributed by atoms with Gasteiger partial charge in [0, 0.05) is 6.54 Å². The second-order valence-electron chi connectivity index (χ2n) is 4.06. The standard InChI is InChI=1S/C13H19NO.BrH/c1-3-7-13(8-4-1)15-12-11-14-9-5-2-6-10-14;/h1,3-4,7-8H,2,5-6,9-12H2;1H. The topological polar surface area (TPSA) is 12.5 Å². The van der Waals surface area contributed by atoms with E-state index in [1.807, 2.05) is 30.3 Å². The summed E-state index contributed by atoms with van der Waals surface area (Å²) in [6.45, 7) is 4.37. The summed E-state index contributed by atoms with van der Waals surface area (Å²) >= 11 is 0. The molecule has 0 aliphatic carbocycles. The predicted octanol–water partition coefficient (Wildman–Crippen LogP) is 3.13. The minimum absolute atomic E-state index is 0. The van der Waals surface area contributed by atoms with Crippen LogP contribution in [-0.4, -0.2) is 31.1 Å². The van der Waals surface area contributed by atoms with E-state index < -0.39 is 0 Å². The Morgan fingerprint density at radius 2 is 1.69 bits per heavy atom. The highest BCUT2D eigenvalue weighted by atomic mass is 79.9. The Morgan fingerprint density at radius 1 is 1.00 bits per heavy atom. The Kier molecular flexibility index (Phi) is 6.50. The number of hydrogen-bond donors (Lipinski definition) is 0. The van der Waals surface area contributed by atoms with Crippen LogP contribution in [0.3, 0.4) is 0 Å². The molecule has 1 aromatic rings. The van der Waals surface area contributed by atoms with Gasteiger partial charge in [-0.05, 0) is 38.1 Å². The smallest absolute Gasteiger partial charge is 0.119 e. The first-order chi connectivity index (χ1) is 7.45. The molecule has 3 heteroatoms. The molecule has 1 aliphatic heterocycles. The molecule has 1 saturated heterocycles. The van der Waals surface area contributed by atoms with Crippen LogP contribution in [0, 0.1) is 0 Å². The van der Waals surface area contributed by atoms with Crippen LogP contribution in [0.4, 0.5) is 0 Å². The van der Waals surface area contributed by atoms with Gasteiger partial charge in [0.2, 0.25) is 0 Å². The lowest BCUT2D eigenvalue weighted by Gasteiger charge is -2.26. The third kappa shape index (κ3) is 4.54. The van der Waals surface area contributed by atoms with Gasteiger partial charge in [0.05, 0.1) is 0 Å². The van der Waals surface area contributed by atoms with Gasteiger partial charge >= 0.3 is 0 Å². The van der Waals surface area contributed by atoms with E-state index in [0.29, 0.717) is 0 Å². The maximum Gasteiger partial charge on any atom is 0.119 e. The summed E-state index contributed by atoms with van der Waals surface area (Å²) in [6, 6.07) is 10.1.